The van der Waals surface area contributed by atoms with Gasteiger partial charge in [0.05, 0.1) is 6.61 Å². The molecule has 2 rings (SSSR count). The summed E-state index contributed by atoms with van der Waals surface area (Å²) in [6, 6.07) is 13.8. The number of nitrogens with one attached hydrogen (secondary N) is 1. The third-order valence-electron chi connectivity index (χ3n) is 3.67. The van der Waals surface area contributed by atoms with Crippen LogP contribution in [0.5, 0.6) is 11.5 Å². The number of nitrogens with zero attached hydrogens (tertiary/aromatic N) is 2. The van der Waals surface area contributed by atoms with Gasteiger partial charge in [-0.2, -0.15) is 10.5 Å². The minimum absolute atomic E-state index is 0.0789. The molecule has 6 nitrogen and oxygen atoms in total. The van der Waals surface area contributed by atoms with Crippen LogP contribution in [0.25, 0.3) is 6.08 Å². The summed E-state index contributed by atoms with van der Waals surface area (Å²) in [6.45, 7) is 3.96. The van der Waals surface area contributed by atoms with Gasteiger partial charge in [0, 0.05) is 10.7 Å². The van der Waals surface area contributed by atoms with Crippen LogP contribution in [0, 0.1) is 29.6 Å². The van der Waals surface area contributed by atoms with E-state index in [1.165, 1.54) is 6.08 Å². The molecule has 1 N–H and O–H groups in total. The first-order valence-electron chi connectivity index (χ1n) is 8.44. The zero-order valence-electron chi connectivity index (χ0n) is 15.5. The molecule has 142 valence electrons. The molecular weight excluding hydrogens is 378 g/mol. The van der Waals surface area contributed by atoms with Gasteiger partial charge in [-0.3, -0.25) is 4.79 Å². The van der Waals surface area contributed by atoms with Crippen LogP contribution < -0.4 is 14.8 Å². The van der Waals surface area contributed by atoms with Crippen LogP contribution in [-0.2, 0) is 4.79 Å². The second-order valence-electron chi connectivity index (χ2n) is 5.67. The van der Waals surface area contributed by atoms with Crippen molar-refractivity contribution < 1.29 is 14.3 Å². The lowest BCUT2D eigenvalue weighted by Crippen LogP contribution is -2.13. The van der Waals surface area contributed by atoms with E-state index in [-0.39, 0.29) is 12.2 Å². The molecule has 0 radical (unpaired) electrons. The lowest BCUT2D eigenvalue weighted by molar-refractivity contribution is -0.112. The molecule has 0 unspecified atom stereocenters. The van der Waals surface area contributed by atoms with Gasteiger partial charge < -0.3 is 14.8 Å². The number of hydrogen-bond donors (Lipinski definition) is 1. The SMILES string of the molecule is CCOc1cc(/C=C(/C#N)C(=O)Nc2ccc(C)c(Cl)c2)ccc1OCC#N. The number of carbonyl (C=O) groups is 1. The van der Waals surface area contributed by atoms with Crippen molar-refractivity contribution in [2.45, 2.75) is 13.8 Å². The van der Waals surface area contributed by atoms with E-state index in [0.29, 0.717) is 34.4 Å². The monoisotopic (exact) mass is 395 g/mol. The summed E-state index contributed by atoms with van der Waals surface area (Å²) in [7, 11) is 0. The van der Waals surface area contributed by atoms with Crippen LogP contribution in [0.1, 0.15) is 18.1 Å². The number of amides is 1. The fourth-order valence-corrected chi connectivity index (χ4v) is 2.48. The van der Waals surface area contributed by atoms with Gasteiger partial charge in [-0.1, -0.05) is 23.7 Å². The van der Waals surface area contributed by atoms with Gasteiger partial charge in [0.25, 0.3) is 5.91 Å². The van der Waals surface area contributed by atoms with Gasteiger partial charge in [-0.25, -0.2) is 0 Å². The highest BCUT2D eigenvalue weighted by Crippen LogP contribution is 2.29. The molecule has 0 saturated carbocycles. The predicted molar refractivity (Wildman–Crippen MR) is 107 cm³/mol. The molecule has 0 spiro atoms. The zero-order chi connectivity index (χ0) is 20.5. The first-order chi connectivity index (χ1) is 13.5. The first kappa shape index (κ1) is 20.8. The van der Waals surface area contributed by atoms with E-state index in [0.717, 1.165) is 5.56 Å². The molecule has 1 amide bonds. The molecule has 0 heterocycles. The van der Waals surface area contributed by atoms with Crippen molar-refractivity contribution in [3.05, 3.63) is 58.1 Å². The number of halogens is 1. The second-order valence-corrected chi connectivity index (χ2v) is 6.08. The number of carbonyl (C=O) groups excluding carboxylic acids is 1. The maximum atomic E-state index is 12.4. The molecule has 0 aromatic heterocycles. The van der Waals surface area contributed by atoms with Crippen molar-refractivity contribution in [3.8, 4) is 23.6 Å². The van der Waals surface area contributed by atoms with Crippen molar-refractivity contribution in [3.63, 3.8) is 0 Å². The summed E-state index contributed by atoms with van der Waals surface area (Å²) in [5.41, 5.74) is 1.89. The van der Waals surface area contributed by atoms with E-state index < -0.39 is 5.91 Å². The Bertz CT molecular complexity index is 987. The maximum absolute atomic E-state index is 12.4. The Labute approximate surface area is 168 Å². The van der Waals surface area contributed by atoms with Crippen LogP contribution in [-0.4, -0.2) is 19.1 Å². The van der Waals surface area contributed by atoms with Crippen LogP contribution in [0.2, 0.25) is 5.02 Å². The van der Waals surface area contributed by atoms with Crippen LogP contribution in [0.3, 0.4) is 0 Å². The molecule has 0 aliphatic heterocycles. The normalized spacial score (nSPS) is 10.5. The minimum atomic E-state index is -0.551. The molecule has 7 heteroatoms. The molecule has 0 aliphatic carbocycles. The lowest BCUT2D eigenvalue weighted by Gasteiger charge is -2.11. The fourth-order valence-electron chi connectivity index (χ4n) is 2.30. The number of rotatable bonds is 7. The minimum Gasteiger partial charge on any atom is -0.490 e. The topological polar surface area (TPSA) is 95.1 Å². The van der Waals surface area contributed by atoms with E-state index in [9.17, 15) is 10.1 Å². The van der Waals surface area contributed by atoms with Crippen molar-refractivity contribution in [2.75, 3.05) is 18.5 Å². The van der Waals surface area contributed by atoms with Crippen molar-refractivity contribution >= 4 is 29.3 Å². The van der Waals surface area contributed by atoms with Gasteiger partial charge in [0.1, 0.15) is 17.7 Å². The van der Waals surface area contributed by atoms with E-state index in [1.807, 2.05) is 26.0 Å². The number of benzene rings is 2. The molecule has 2 aromatic carbocycles. The quantitative estimate of drug-likeness (QED) is 0.550. The Hall–Kier alpha value is -3.48. The average Bonchev–Trinajstić information content (AvgIpc) is 2.68. The van der Waals surface area contributed by atoms with Gasteiger partial charge in [-0.05, 0) is 55.3 Å². The number of anilines is 1. The van der Waals surface area contributed by atoms with Crippen molar-refractivity contribution in [1.29, 1.82) is 10.5 Å². The van der Waals surface area contributed by atoms with E-state index in [4.69, 9.17) is 26.3 Å². The van der Waals surface area contributed by atoms with Gasteiger partial charge >= 0.3 is 0 Å². The van der Waals surface area contributed by atoms with E-state index in [1.54, 1.807) is 36.4 Å². The molecule has 0 saturated heterocycles. The Balaban J connectivity index is 2.26. The number of ether oxygens (including phenoxy) is 2. The van der Waals surface area contributed by atoms with Gasteiger partial charge in [0.15, 0.2) is 18.1 Å². The molecule has 0 atom stereocenters. The third-order valence-corrected chi connectivity index (χ3v) is 4.07. The predicted octanol–water partition coefficient (Wildman–Crippen LogP) is 4.50. The number of aryl methyl sites for hydroxylation is 1. The summed E-state index contributed by atoms with van der Waals surface area (Å²) in [5.74, 6) is 0.289. The molecule has 0 aliphatic rings. The second kappa shape index (κ2) is 10.0. The molecule has 0 fully saturated rings. The Morgan fingerprint density at radius 3 is 2.61 bits per heavy atom. The summed E-state index contributed by atoms with van der Waals surface area (Å²) in [6.07, 6.45) is 1.45. The summed E-state index contributed by atoms with van der Waals surface area (Å²) in [5, 5.41) is 21.2. The number of nitriles is 2. The van der Waals surface area contributed by atoms with Crippen LogP contribution in [0.15, 0.2) is 42.0 Å². The van der Waals surface area contributed by atoms with Gasteiger partial charge in [0.2, 0.25) is 0 Å². The summed E-state index contributed by atoms with van der Waals surface area (Å²) >= 11 is 6.06. The highest BCUT2D eigenvalue weighted by molar-refractivity contribution is 6.31. The Morgan fingerprint density at radius 2 is 1.96 bits per heavy atom. The van der Waals surface area contributed by atoms with E-state index >= 15 is 0 Å². The molecular formula is C21H18ClN3O3. The molecule has 2 aromatic rings. The Morgan fingerprint density at radius 1 is 1.18 bits per heavy atom. The molecule has 28 heavy (non-hydrogen) atoms. The first-order valence-corrected chi connectivity index (χ1v) is 8.82. The Kier molecular flexibility index (Phi) is 7.45. The number of hydrogen-bond acceptors (Lipinski definition) is 5. The van der Waals surface area contributed by atoms with Gasteiger partial charge in [-0.15, -0.1) is 0 Å². The lowest BCUT2D eigenvalue weighted by atomic mass is 10.1. The highest BCUT2D eigenvalue weighted by Gasteiger charge is 2.12. The third kappa shape index (κ3) is 5.51. The van der Waals surface area contributed by atoms with Crippen molar-refractivity contribution in [2.24, 2.45) is 0 Å². The van der Waals surface area contributed by atoms with Crippen molar-refractivity contribution in [1.82, 2.24) is 0 Å². The standard InChI is InChI=1S/C21H18ClN3O3/c1-3-27-20-11-15(5-7-19(20)28-9-8-23)10-16(13-24)21(26)25-17-6-4-14(2)18(22)12-17/h4-7,10-12H,3,9H2,1-2H3,(H,25,26)/b16-10-. The average molecular weight is 396 g/mol. The maximum Gasteiger partial charge on any atom is 0.266 e. The summed E-state index contributed by atoms with van der Waals surface area (Å²) in [4.78, 5) is 12.4. The van der Waals surface area contributed by atoms with Crippen LogP contribution >= 0.6 is 11.6 Å². The smallest absolute Gasteiger partial charge is 0.266 e. The zero-order valence-corrected chi connectivity index (χ0v) is 16.2. The van der Waals surface area contributed by atoms with Crippen LogP contribution in [0.4, 0.5) is 5.69 Å². The largest absolute Gasteiger partial charge is 0.490 e. The van der Waals surface area contributed by atoms with E-state index in [2.05, 4.69) is 5.32 Å². The fraction of sp³-hybridized carbons (Fsp3) is 0.190. The molecule has 0 bridgehead atoms. The summed E-state index contributed by atoms with van der Waals surface area (Å²) < 4.78 is 10.8. The highest BCUT2D eigenvalue weighted by atomic mass is 35.5.